The van der Waals surface area contributed by atoms with Crippen molar-refractivity contribution in [2.75, 3.05) is 32.1 Å². The van der Waals surface area contributed by atoms with E-state index in [4.69, 9.17) is 21.7 Å². The lowest BCUT2D eigenvalue weighted by Gasteiger charge is -2.22. The number of carbonyl (C=O) groups excluding carboxylic acids is 4. The lowest BCUT2D eigenvalue weighted by molar-refractivity contribution is -0.141. The highest BCUT2D eigenvalue weighted by Gasteiger charge is 2.44. The van der Waals surface area contributed by atoms with Crippen LogP contribution in [0.3, 0.4) is 0 Å². The number of hydrogen-bond acceptors (Lipinski definition) is 7. The van der Waals surface area contributed by atoms with Crippen LogP contribution in [0.15, 0.2) is 54.6 Å². The number of rotatable bonds is 10. The SMILES string of the molecule is CCOC(=O)c1ccc(NC(=O)CC2C(=O)N(CCc3ccccc3)C(=S)N2CC(=O)OC)cc1. The topological polar surface area (TPSA) is 105 Å². The van der Waals surface area contributed by atoms with Crippen molar-refractivity contribution < 1.29 is 28.7 Å². The van der Waals surface area contributed by atoms with E-state index in [0.717, 1.165) is 5.56 Å². The van der Waals surface area contributed by atoms with Crippen molar-refractivity contribution in [2.24, 2.45) is 0 Å². The number of nitrogens with zero attached hydrogens (tertiary/aromatic N) is 2. The smallest absolute Gasteiger partial charge is 0.338 e. The number of methoxy groups -OCH3 is 1. The van der Waals surface area contributed by atoms with Gasteiger partial charge >= 0.3 is 11.9 Å². The van der Waals surface area contributed by atoms with Crippen LogP contribution in [0.5, 0.6) is 0 Å². The van der Waals surface area contributed by atoms with Crippen LogP contribution in [0.25, 0.3) is 0 Å². The van der Waals surface area contributed by atoms with Crippen LogP contribution in [0.4, 0.5) is 5.69 Å². The maximum absolute atomic E-state index is 13.2. The van der Waals surface area contributed by atoms with E-state index in [9.17, 15) is 19.2 Å². The Bertz CT molecular complexity index is 1090. The maximum Gasteiger partial charge on any atom is 0.338 e. The van der Waals surface area contributed by atoms with E-state index >= 15 is 0 Å². The fourth-order valence-electron chi connectivity index (χ4n) is 3.66. The van der Waals surface area contributed by atoms with Crippen LogP contribution < -0.4 is 5.32 Å². The number of thiocarbonyl (C=S) groups is 1. The number of hydrogen-bond donors (Lipinski definition) is 1. The van der Waals surface area contributed by atoms with Crippen molar-refractivity contribution in [3.8, 4) is 0 Å². The van der Waals surface area contributed by atoms with Crippen LogP contribution in [0.2, 0.25) is 0 Å². The van der Waals surface area contributed by atoms with E-state index in [2.05, 4.69) is 5.32 Å². The molecule has 2 aromatic carbocycles. The molecule has 10 heteroatoms. The standard InChI is InChI=1S/C25H27N3O6S/c1-3-34-24(32)18-9-11-19(12-10-18)26-21(29)15-20-23(31)27(14-13-17-7-5-4-6-8-17)25(35)28(20)16-22(30)33-2/h4-12,20H,3,13-16H2,1-2H3,(H,26,29). The van der Waals surface area contributed by atoms with Gasteiger partial charge in [0.2, 0.25) is 5.91 Å². The summed E-state index contributed by atoms with van der Waals surface area (Å²) in [5.74, 6) is -1.80. The monoisotopic (exact) mass is 497 g/mol. The zero-order chi connectivity index (χ0) is 25.4. The van der Waals surface area contributed by atoms with Crippen molar-refractivity contribution in [3.05, 3.63) is 65.7 Å². The van der Waals surface area contributed by atoms with E-state index in [-0.39, 0.29) is 30.6 Å². The molecule has 1 fully saturated rings. The van der Waals surface area contributed by atoms with E-state index in [1.54, 1.807) is 31.2 Å². The Morgan fingerprint density at radius 1 is 1.06 bits per heavy atom. The van der Waals surface area contributed by atoms with Gasteiger partial charge in [-0.15, -0.1) is 0 Å². The summed E-state index contributed by atoms with van der Waals surface area (Å²) in [5, 5.41) is 2.90. The predicted molar refractivity (Wildman–Crippen MR) is 133 cm³/mol. The first-order chi connectivity index (χ1) is 16.8. The first-order valence-electron chi connectivity index (χ1n) is 11.1. The zero-order valence-electron chi connectivity index (χ0n) is 19.6. The van der Waals surface area contributed by atoms with E-state index in [1.165, 1.54) is 16.9 Å². The molecule has 0 aliphatic carbocycles. The van der Waals surface area contributed by atoms with Gasteiger partial charge in [0, 0.05) is 12.2 Å². The Hall–Kier alpha value is -3.79. The van der Waals surface area contributed by atoms with Crippen molar-refractivity contribution in [1.82, 2.24) is 9.80 Å². The van der Waals surface area contributed by atoms with Gasteiger partial charge < -0.3 is 19.7 Å². The van der Waals surface area contributed by atoms with E-state index in [0.29, 0.717) is 24.2 Å². The van der Waals surface area contributed by atoms with Crippen LogP contribution in [0.1, 0.15) is 29.3 Å². The van der Waals surface area contributed by atoms with Gasteiger partial charge in [-0.25, -0.2) is 4.79 Å². The predicted octanol–water partition coefficient (Wildman–Crippen LogP) is 2.41. The fraction of sp³-hybridized carbons (Fsp3) is 0.320. The molecule has 9 nitrogen and oxygen atoms in total. The van der Waals surface area contributed by atoms with Crippen LogP contribution in [-0.2, 0) is 30.3 Å². The Morgan fingerprint density at radius 2 is 1.74 bits per heavy atom. The summed E-state index contributed by atoms with van der Waals surface area (Å²) in [6.45, 7) is 2.07. The lowest BCUT2D eigenvalue weighted by atomic mass is 10.1. The molecule has 184 valence electrons. The first kappa shape index (κ1) is 25.8. The highest BCUT2D eigenvalue weighted by Crippen LogP contribution is 2.22. The number of anilines is 1. The molecule has 1 atom stereocenters. The van der Waals surface area contributed by atoms with Gasteiger partial charge in [0.1, 0.15) is 12.6 Å². The fourth-order valence-corrected chi connectivity index (χ4v) is 4.03. The maximum atomic E-state index is 13.2. The molecule has 35 heavy (non-hydrogen) atoms. The normalized spacial score (nSPS) is 15.2. The van der Waals surface area contributed by atoms with Gasteiger partial charge in [-0.1, -0.05) is 30.3 Å². The van der Waals surface area contributed by atoms with E-state index < -0.39 is 23.9 Å². The highest BCUT2D eigenvalue weighted by atomic mass is 32.1. The summed E-state index contributed by atoms with van der Waals surface area (Å²) in [4.78, 5) is 52.6. The minimum atomic E-state index is -0.934. The summed E-state index contributed by atoms with van der Waals surface area (Å²) < 4.78 is 9.69. The van der Waals surface area contributed by atoms with Gasteiger partial charge in [-0.3, -0.25) is 19.3 Å². The Labute approximate surface area is 209 Å². The van der Waals surface area contributed by atoms with Gasteiger partial charge in [-0.2, -0.15) is 0 Å². The molecule has 0 aromatic heterocycles. The molecule has 0 bridgehead atoms. The van der Waals surface area contributed by atoms with Gasteiger partial charge in [-0.05, 0) is 55.4 Å². The van der Waals surface area contributed by atoms with Gasteiger partial charge in [0.15, 0.2) is 5.11 Å². The molecule has 1 N–H and O–H groups in total. The summed E-state index contributed by atoms with van der Waals surface area (Å²) in [7, 11) is 1.25. The third-order valence-electron chi connectivity index (χ3n) is 5.46. The molecule has 0 radical (unpaired) electrons. The summed E-state index contributed by atoms with van der Waals surface area (Å²) in [6, 6.07) is 14.9. The molecule has 1 heterocycles. The molecule has 1 aliphatic heterocycles. The molecule has 0 spiro atoms. The molecule has 1 unspecified atom stereocenters. The van der Waals surface area contributed by atoms with Crippen LogP contribution >= 0.6 is 12.2 Å². The number of amides is 2. The quantitative estimate of drug-likeness (QED) is 0.394. The Kier molecular flexibility index (Phi) is 8.91. The second kappa shape index (κ2) is 12.1. The largest absolute Gasteiger partial charge is 0.468 e. The highest BCUT2D eigenvalue weighted by molar-refractivity contribution is 7.80. The number of carbonyl (C=O) groups is 4. The van der Waals surface area contributed by atoms with Crippen LogP contribution in [-0.4, -0.2) is 71.5 Å². The van der Waals surface area contributed by atoms with E-state index in [1.807, 2.05) is 30.3 Å². The van der Waals surface area contributed by atoms with Gasteiger partial charge in [0.25, 0.3) is 5.91 Å². The summed E-state index contributed by atoms with van der Waals surface area (Å²) in [6.07, 6.45) is 0.363. The zero-order valence-corrected chi connectivity index (χ0v) is 20.4. The number of esters is 2. The molecule has 1 saturated heterocycles. The van der Waals surface area contributed by atoms with Crippen molar-refractivity contribution >= 4 is 46.8 Å². The molecular weight excluding hydrogens is 470 g/mol. The number of nitrogens with one attached hydrogen (secondary N) is 1. The summed E-state index contributed by atoms with van der Waals surface area (Å²) >= 11 is 5.49. The molecule has 3 rings (SSSR count). The minimum absolute atomic E-state index is 0.188. The average Bonchev–Trinajstić information content (AvgIpc) is 3.07. The van der Waals surface area contributed by atoms with Crippen LogP contribution in [0, 0.1) is 0 Å². The van der Waals surface area contributed by atoms with Gasteiger partial charge in [0.05, 0.1) is 25.7 Å². The molecule has 0 saturated carbocycles. The van der Waals surface area contributed by atoms with Crippen molar-refractivity contribution in [2.45, 2.75) is 25.8 Å². The molecular formula is C25H27N3O6S. The second-order valence-corrected chi connectivity index (χ2v) is 8.14. The Morgan fingerprint density at radius 3 is 2.37 bits per heavy atom. The number of benzene rings is 2. The minimum Gasteiger partial charge on any atom is -0.468 e. The molecule has 2 amide bonds. The van der Waals surface area contributed by atoms with Crippen molar-refractivity contribution in [3.63, 3.8) is 0 Å². The third-order valence-corrected chi connectivity index (χ3v) is 5.91. The molecule has 1 aliphatic rings. The Balaban J connectivity index is 1.68. The summed E-state index contributed by atoms with van der Waals surface area (Å²) in [5.41, 5.74) is 1.85. The van der Waals surface area contributed by atoms with Crippen molar-refractivity contribution in [1.29, 1.82) is 0 Å². The first-order valence-corrected chi connectivity index (χ1v) is 11.5. The number of ether oxygens (including phenoxy) is 2. The second-order valence-electron chi connectivity index (χ2n) is 7.78. The lowest BCUT2D eigenvalue weighted by Crippen LogP contribution is -2.41. The molecule has 2 aromatic rings. The third kappa shape index (κ3) is 6.63. The average molecular weight is 498 g/mol.